The molecule has 0 amide bonds. The molecule has 2 aromatic carbocycles. The molecule has 33 heavy (non-hydrogen) atoms. The Balaban J connectivity index is 1.60. The number of benzene rings is 2. The molecule has 4 rings (SSSR count). The summed E-state index contributed by atoms with van der Waals surface area (Å²) in [6.07, 6.45) is -2.02. The van der Waals surface area contributed by atoms with Crippen LogP contribution in [-0.2, 0) is 28.5 Å². The molecule has 0 aromatic heterocycles. The van der Waals surface area contributed by atoms with Crippen molar-refractivity contribution >= 4 is 46.9 Å². The quantitative estimate of drug-likeness (QED) is 0.420. The van der Waals surface area contributed by atoms with Gasteiger partial charge in [-0.3, -0.25) is 4.79 Å². The maximum absolute atomic E-state index is 12.9. The molecule has 2 aliphatic heterocycles. The SMILES string of the molecule is CSC1O[C@@H]2COC(c3ccccc3)O[C@@H]2[C@H](OC(=O)CCl)[C@H]1OC(=O)c1ccc(Cl)cc1. The van der Waals surface area contributed by atoms with Crippen LogP contribution in [-0.4, -0.2) is 60.5 Å². The van der Waals surface area contributed by atoms with Gasteiger partial charge in [0.15, 0.2) is 18.5 Å². The Kier molecular flexibility index (Phi) is 8.16. The summed E-state index contributed by atoms with van der Waals surface area (Å²) in [5.41, 5.74) is 0.495. The molecule has 0 N–H and O–H groups in total. The van der Waals surface area contributed by atoms with Crippen molar-refractivity contribution in [2.75, 3.05) is 18.7 Å². The van der Waals surface area contributed by atoms with E-state index in [0.29, 0.717) is 10.6 Å². The molecular weight excluding hydrogens is 491 g/mol. The molecule has 6 atom stereocenters. The lowest BCUT2D eigenvalue weighted by molar-refractivity contribution is -0.319. The number of hydrogen-bond acceptors (Lipinski definition) is 8. The summed E-state index contributed by atoms with van der Waals surface area (Å²) in [6.45, 7) is 0.216. The average molecular weight is 513 g/mol. The van der Waals surface area contributed by atoms with Crippen LogP contribution >= 0.6 is 35.0 Å². The minimum absolute atomic E-state index is 0.216. The van der Waals surface area contributed by atoms with Crippen molar-refractivity contribution in [2.24, 2.45) is 0 Å². The first-order valence-electron chi connectivity index (χ1n) is 10.2. The van der Waals surface area contributed by atoms with E-state index in [4.69, 9.17) is 46.9 Å². The normalized spacial score (nSPS) is 29.1. The Hall–Kier alpha value is -1.81. The first kappa shape index (κ1) is 24.3. The molecule has 2 heterocycles. The third-order valence-corrected chi connectivity index (χ3v) is 6.60. The van der Waals surface area contributed by atoms with E-state index in [1.54, 1.807) is 24.3 Å². The predicted molar refractivity (Wildman–Crippen MR) is 123 cm³/mol. The highest BCUT2D eigenvalue weighted by atomic mass is 35.5. The maximum atomic E-state index is 12.9. The highest BCUT2D eigenvalue weighted by Crippen LogP contribution is 2.39. The molecule has 0 aliphatic carbocycles. The fourth-order valence-corrected chi connectivity index (χ4v) is 4.66. The molecule has 0 saturated carbocycles. The van der Waals surface area contributed by atoms with Crippen molar-refractivity contribution in [2.45, 2.75) is 36.1 Å². The average Bonchev–Trinajstić information content (AvgIpc) is 2.85. The second-order valence-corrected chi connectivity index (χ2v) is 9.06. The van der Waals surface area contributed by atoms with Crippen LogP contribution in [0.3, 0.4) is 0 Å². The van der Waals surface area contributed by atoms with Crippen LogP contribution < -0.4 is 0 Å². The van der Waals surface area contributed by atoms with E-state index in [-0.39, 0.29) is 12.5 Å². The van der Waals surface area contributed by atoms with Crippen LogP contribution in [0.25, 0.3) is 0 Å². The zero-order chi connectivity index (χ0) is 23.4. The molecule has 0 spiro atoms. The summed E-state index contributed by atoms with van der Waals surface area (Å²) in [6, 6.07) is 15.7. The van der Waals surface area contributed by atoms with Crippen molar-refractivity contribution in [3.8, 4) is 0 Å². The number of alkyl halides is 1. The zero-order valence-electron chi connectivity index (χ0n) is 17.6. The molecular formula is C23H22Cl2O7S. The Morgan fingerprint density at radius 1 is 1.03 bits per heavy atom. The molecule has 0 radical (unpaired) electrons. The van der Waals surface area contributed by atoms with Crippen LogP contribution in [0.2, 0.25) is 5.02 Å². The van der Waals surface area contributed by atoms with Crippen molar-refractivity contribution in [1.29, 1.82) is 0 Å². The number of ether oxygens (including phenoxy) is 5. The van der Waals surface area contributed by atoms with Gasteiger partial charge in [-0.2, -0.15) is 0 Å². The summed E-state index contributed by atoms with van der Waals surface area (Å²) in [5.74, 6) is -1.60. The number of carbonyl (C=O) groups excluding carboxylic acids is 2. The highest BCUT2D eigenvalue weighted by Gasteiger charge is 2.53. The van der Waals surface area contributed by atoms with Crippen molar-refractivity contribution in [3.05, 3.63) is 70.7 Å². The number of thioether (sulfide) groups is 1. The van der Waals surface area contributed by atoms with Gasteiger partial charge in [0.05, 0.1) is 12.2 Å². The van der Waals surface area contributed by atoms with Gasteiger partial charge in [-0.25, -0.2) is 4.79 Å². The number of fused-ring (bicyclic) bond motifs is 1. The Morgan fingerprint density at radius 3 is 2.42 bits per heavy atom. The van der Waals surface area contributed by atoms with Crippen molar-refractivity contribution in [3.63, 3.8) is 0 Å². The minimum Gasteiger partial charge on any atom is -0.454 e. The largest absolute Gasteiger partial charge is 0.454 e. The van der Waals surface area contributed by atoms with Gasteiger partial charge in [0.2, 0.25) is 0 Å². The number of carbonyl (C=O) groups is 2. The molecule has 10 heteroatoms. The molecule has 2 fully saturated rings. The zero-order valence-corrected chi connectivity index (χ0v) is 19.9. The fraction of sp³-hybridized carbons (Fsp3) is 0.391. The lowest BCUT2D eigenvalue weighted by Crippen LogP contribution is -2.63. The van der Waals surface area contributed by atoms with E-state index >= 15 is 0 Å². The Morgan fingerprint density at radius 2 is 1.76 bits per heavy atom. The number of halogens is 2. The summed E-state index contributed by atoms with van der Waals surface area (Å²) in [5, 5.41) is 0.494. The monoisotopic (exact) mass is 512 g/mol. The van der Waals surface area contributed by atoms with Crippen LogP contribution in [0.15, 0.2) is 54.6 Å². The van der Waals surface area contributed by atoms with Gasteiger partial charge in [0.25, 0.3) is 0 Å². The van der Waals surface area contributed by atoms with Crippen molar-refractivity contribution < 1.29 is 33.3 Å². The van der Waals surface area contributed by atoms with E-state index in [2.05, 4.69) is 0 Å². The molecule has 0 bridgehead atoms. The van der Waals surface area contributed by atoms with Gasteiger partial charge in [-0.05, 0) is 30.5 Å². The third-order valence-electron chi connectivity index (χ3n) is 5.29. The molecule has 7 nitrogen and oxygen atoms in total. The van der Waals surface area contributed by atoms with E-state index in [9.17, 15) is 9.59 Å². The van der Waals surface area contributed by atoms with Crippen LogP contribution in [0.4, 0.5) is 0 Å². The number of hydrogen-bond donors (Lipinski definition) is 0. The van der Waals surface area contributed by atoms with E-state index in [1.807, 2.05) is 36.6 Å². The summed E-state index contributed by atoms with van der Waals surface area (Å²) in [4.78, 5) is 25.1. The van der Waals surface area contributed by atoms with Gasteiger partial charge < -0.3 is 23.7 Å². The van der Waals surface area contributed by atoms with E-state index in [0.717, 1.165) is 5.56 Å². The first-order valence-corrected chi connectivity index (χ1v) is 12.4. The Labute approximate surface area is 205 Å². The van der Waals surface area contributed by atoms with Gasteiger partial charge >= 0.3 is 11.9 Å². The van der Waals surface area contributed by atoms with Crippen LogP contribution in [0.1, 0.15) is 22.2 Å². The highest BCUT2D eigenvalue weighted by molar-refractivity contribution is 7.99. The summed E-state index contributed by atoms with van der Waals surface area (Å²) < 4.78 is 29.6. The van der Waals surface area contributed by atoms with Crippen LogP contribution in [0.5, 0.6) is 0 Å². The molecule has 176 valence electrons. The van der Waals surface area contributed by atoms with Gasteiger partial charge in [0.1, 0.15) is 23.5 Å². The molecule has 2 unspecified atom stereocenters. The molecule has 2 aromatic rings. The summed E-state index contributed by atoms with van der Waals surface area (Å²) in [7, 11) is 0. The van der Waals surface area contributed by atoms with E-state index in [1.165, 1.54) is 11.8 Å². The standard InChI is InChI=1S/C23H22Cl2O7S/c1-33-23-20(31-21(27)13-7-9-15(25)10-8-13)19(30-17(26)11-24)18-16(29-23)12-28-22(32-18)14-5-3-2-4-6-14/h2-10,16,18-20,22-23H,11-12H2,1H3/t16-,18+,19+,20-,22?,23?/m1/s1. The predicted octanol–water partition coefficient (Wildman–Crippen LogP) is 4.22. The fourth-order valence-electron chi connectivity index (χ4n) is 3.74. The summed E-state index contributed by atoms with van der Waals surface area (Å²) >= 11 is 13.0. The minimum atomic E-state index is -0.946. The lowest BCUT2D eigenvalue weighted by Gasteiger charge is -2.48. The lowest BCUT2D eigenvalue weighted by atomic mass is 9.98. The molecule has 2 saturated heterocycles. The number of rotatable bonds is 6. The second kappa shape index (κ2) is 11.1. The Bertz CT molecular complexity index is 959. The second-order valence-electron chi connectivity index (χ2n) is 7.42. The maximum Gasteiger partial charge on any atom is 0.338 e. The smallest absolute Gasteiger partial charge is 0.338 e. The van der Waals surface area contributed by atoms with E-state index < -0.39 is 48.1 Å². The molecule has 2 aliphatic rings. The topological polar surface area (TPSA) is 80.3 Å². The van der Waals surface area contributed by atoms with Crippen LogP contribution in [0, 0.1) is 0 Å². The van der Waals surface area contributed by atoms with Gasteiger partial charge in [-0.15, -0.1) is 23.4 Å². The first-order chi connectivity index (χ1) is 16.0. The number of esters is 2. The van der Waals surface area contributed by atoms with Gasteiger partial charge in [-0.1, -0.05) is 41.9 Å². The third kappa shape index (κ3) is 5.65. The van der Waals surface area contributed by atoms with Gasteiger partial charge in [0, 0.05) is 10.6 Å². The van der Waals surface area contributed by atoms with Crippen molar-refractivity contribution in [1.82, 2.24) is 0 Å².